The van der Waals surface area contributed by atoms with Crippen LogP contribution in [0.3, 0.4) is 0 Å². The first-order valence-corrected chi connectivity index (χ1v) is 7.19. The molecule has 3 rings (SSSR count). The molecular weight excluding hydrogens is 318 g/mol. The van der Waals surface area contributed by atoms with Gasteiger partial charge in [0.2, 0.25) is 5.95 Å². The number of nitrogens with zero attached hydrogens (tertiary/aromatic N) is 5. The van der Waals surface area contributed by atoms with Crippen LogP contribution in [0.4, 0.5) is 26.4 Å². The third-order valence-corrected chi connectivity index (χ3v) is 3.70. The van der Waals surface area contributed by atoms with Crippen molar-refractivity contribution in [1.29, 1.82) is 0 Å². The molecule has 8 nitrogen and oxygen atoms in total. The summed E-state index contributed by atoms with van der Waals surface area (Å²) in [5.74, 6) is 0.504. The van der Waals surface area contributed by atoms with E-state index >= 15 is 0 Å². The molecule has 1 atom stereocenters. The first-order chi connectivity index (χ1) is 11.5. The Morgan fingerprint density at radius 1 is 1.29 bits per heavy atom. The van der Waals surface area contributed by atoms with Crippen LogP contribution in [0, 0.1) is 0 Å². The molecule has 3 aromatic rings. The number of rotatable bonds is 5. The predicted octanol–water partition coefficient (Wildman–Crippen LogP) is 1.74. The Labute approximate surface area is 135 Å². The van der Waals surface area contributed by atoms with Gasteiger partial charge in [-0.3, -0.25) is 5.10 Å². The Balaban J connectivity index is 2.12. The average Bonchev–Trinajstić information content (AvgIpc) is 2.99. The maximum absolute atomic E-state index is 13.2. The van der Waals surface area contributed by atoms with E-state index in [0.29, 0.717) is 16.6 Å². The molecule has 3 aromatic heterocycles. The molecule has 0 saturated heterocycles. The summed E-state index contributed by atoms with van der Waals surface area (Å²) in [5, 5.41) is 7.05. The second-order valence-electron chi connectivity index (χ2n) is 5.23. The van der Waals surface area contributed by atoms with E-state index < -0.39 is 19.0 Å². The summed E-state index contributed by atoms with van der Waals surface area (Å²) >= 11 is 0. The standard InChI is InChI=1S/C14H16F2N8/c1-7(8-3-2-4-19-11(8)17)24(6-10(15)16)13-9-5-20-23-12(9)21-14(18)22-13/h2-5,7,10H,6H2,1H3,(H2,17,19)(H3,18,20,21,22,23). The Morgan fingerprint density at radius 3 is 2.79 bits per heavy atom. The fraction of sp³-hybridized carbons (Fsp3) is 0.286. The number of fused-ring (bicyclic) bond motifs is 1. The zero-order valence-corrected chi connectivity index (χ0v) is 12.8. The highest BCUT2D eigenvalue weighted by Gasteiger charge is 2.26. The number of nitrogens with two attached hydrogens (primary N) is 2. The van der Waals surface area contributed by atoms with Gasteiger partial charge < -0.3 is 16.4 Å². The lowest BCUT2D eigenvalue weighted by atomic mass is 10.1. The minimum atomic E-state index is -2.58. The topological polar surface area (TPSA) is 123 Å². The van der Waals surface area contributed by atoms with Gasteiger partial charge in [0.1, 0.15) is 11.6 Å². The highest BCUT2D eigenvalue weighted by Crippen LogP contribution is 2.32. The van der Waals surface area contributed by atoms with Crippen LogP contribution in [0.25, 0.3) is 11.0 Å². The van der Waals surface area contributed by atoms with Gasteiger partial charge in [-0.1, -0.05) is 6.07 Å². The third kappa shape index (κ3) is 2.90. The summed E-state index contributed by atoms with van der Waals surface area (Å²) in [6, 6.07) is 2.94. The number of halogens is 2. The van der Waals surface area contributed by atoms with E-state index in [1.807, 2.05) is 0 Å². The van der Waals surface area contributed by atoms with Gasteiger partial charge in [0.05, 0.1) is 24.2 Å². The van der Waals surface area contributed by atoms with E-state index in [-0.39, 0.29) is 17.6 Å². The molecule has 0 amide bonds. The lowest BCUT2D eigenvalue weighted by Gasteiger charge is -2.31. The third-order valence-electron chi connectivity index (χ3n) is 3.70. The molecule has 0 aromatic carbocycles. The van der Waals surface area contributed by atoms with Gasteiger partial charge in [0.15, 0.2) is 5.65 Å². The van der Waals surface area contributed by atoms with Gasteiger partial charge in [0.25, 0.3) is 6.43 Å². The predicted molar refractivity (Wildman–Crippen MR) is 86.5 cm³/mol. The molecule has 24 heavy (non-hydrogen) atoms. The van der Waals surface area contributed by atoms with E-state index in [0.717, 1.165) is 0 Å². The smallest absolute Gasteiger partial charge is 0.255 e. The van der Waals surface area contributed by atoms with Gasteiger partial charge in [-0.2, -0.15) is 15.1 Å². The van der Waals surface area contributed by atoms with Crippen molar-refractivity contribution in [2.75, 3.05) is 22.9 Å². The summed E-state index contributed by atoms with van der Waals surface area (Å²) in [5.41, 5.74) is 12.6. The molecule has 0 radical (unpaired) electrons. The lowest BCUT2D eigenvalue weighted by Crippen LogP contribution is -2.33. The number of nitrogen functional groups attached to an aromatic ring is 2. The van der Waals surface area contributed by atoms with E-state index in [2.05, 4.69) is 25.1 Å². The fourth-order valence-electron chi connectivity index (χ4n) is 2.58. The number of H-pyrrole nitrogens is 1. The van der Waals surface area contributed by atoms with Crippen LogP contribution < -0.4 is 16.4 Å². The maximum Gasteiger partial charge on any atom is 0.255 e. The minimum Gasteiger partial charge on any atom is -0.383 e. The quantitative estimate of drug-likeness (QED) is 0.649. The summed E-state index contributed by atoms with van der Waals surface area (Å²) in [6.07, 6.45) is 0.436. The number of aromatic nitrogens is 5. The van der Waals surface area contributed by atoms with Crippen molar-refractivity contribution < 1.29 is 8.78 Å². The Bertz CT molecular complexity index is 850. The molecule has 0 spiro atoms. The van der Waals surface area contributed by atoms with Crippen LogP contribution in [0.1, 0.15) is 18.5 Å². The van der Waals surface area contributed by atoms with E-state index in [4.69, 9.17) is 11.5 Å². The van der Waals surface area contributed by atoms with E-state index in [9.17, 15) is 8.78 Å². The van der Waals surface area contributed by atoms with Crippen molar-refractivity contribution in [2.45, 2.75) is 19.4 Å². The molecule has 10 heteroatoms. The van der Waals surface area contributed by atoms with Crippen LogP contribution in [0.15, 0.2) is 24.5 Å². The number of alkyl halides is 2. The van der Waals surface area contributed by atoms with Crippen LogP contribution in [-0.4, -0.2) is 38.1 Å². The van der Waals surface area contributed by atoms with E-state index in [1.165, 1.54) is 11.1 Å². The summed E-state index contributed by atoms with van der Waals surface area (Å²) in [4.78, 5) is 13.6. The molecule has 0 aliphatic heterocycles. The molecule has 126 valence electrons. The van der Waals surface area contributed by atoms with Crippen LogP contribution in [0.2, 0.25) is 0 Å². The molecule has 0 aliphatic rings. The van der Waals surface area contributed by atoms with Crippen molar-refractivity contribution >= 4 is 28.6 Å². The van der Waals surface area contributed by atoms with Crippen molar-refractivity contribution in [3.05, 3.63) is 30.1 Å². The summed E-state index contributed by atoms with van der Waals surface area (Å²) < 4.78 is 26.4. The minimum absolute atomic E-state index is 0.0348. The van der Waals surface area contributed by atoms with Gasteiger partial charge in [-0.05, 0) is 13.0 Å². The van der Waals surface area contributed by atoms with Gasteiger partial charge in [-0.25, -0.2) is 13.8 Å². The SMILES string of the molecule is CC(c1cccnc1N)N(CC(F)F)c1nc(N)nc2[nH]ncc12. The van der Waals surface area contributed by atoms with Crippen molar-refractivity contribution in [3.8, 4) is 0 Å². The molecular formula is C14H16F2N8. The summed E-state index contributed by atoms with van der Waals surface area (Å²) in [7, 11) is 0. The number of hydrogen-bond donors (Lipinski definition) is 3. The number of pyridine rings is 1. The molecule has 1 unspecified atom stereocenters. The Morgan fingerprint density at radius 2 is 2.08 bits per heavy atom. The molecule has 3 heterocycles. The number of hydrogen-bond acceptors (Lipinski definition) is 7. The first kappa shape index (κ1) is 15.8. The van der Waals surface area contributed by atoms with E-state index in [1.54, 1.807) is 25.3 Å². The molecule has 0 aliphatic carbocycles. The van der Waals surface area contributed by atoms with Crippen LogP contribution in [0.5, 0.6) is 0 Å². The van der Waals surface area contributed by atoms with Gasteiger partial charge in [0, 0.05) is 11.8 Å². The molecule has 5 N–H and O–H groups in total. The Kier molecular flexibility index (Phi) is 4.11. The average molecular weight is 334 g/mol. The first-order valence-electron chi connectivity index (χ1n) is 7.19. The second kappa shape index (κ2) is 6.22. The maximum atomic E-state index is 13.2. The van der Waals surface area contributed by atoms with Gasteiger partial charge in [-0.15, -0.1) is 0 Å². The van der Waals surface area contributed by atoms with Crippen LogP contribution >= 0.6 is 0 Å². The zero-order chi connectivity index (χ0) is 17.3. The monoisotopic (exact) mass is 334 g/mol. The molecule has 0 fully saturated rings. The highest BCUT2D eigenvalue weighted by molar-refractivity contribution is 5.87. The second-order valence-corrected chi connectivity index (χ2v) is 5.23. The van der Waals surface area contributed by atoms with Crippen molar-refractivity contribution in [2.24, 2.45) is 0 Å². The summed E-state index contributed by atoms with van der Waals surface area (Å²) in [6.45, 7) is 1.20. The van der Waals surface area contributed by atoms with Crippen molar-refractivity contribution in [3.63, 3.8) is 0 Å². The molecule has 0 bridgehead atoms. The normalized spacial score (nSPS) is 12.7. The number of nitrogens with one attached hydrogen (secondary N) is 1. The highest BCUT2D eigenvalue weighted by atomic mass is 19.3. The van der Waals surface area contributed by atoms with Gasteiger partial charge >= 0.3 is 0 Å². The molecule has 0 saturated carbocycles. The number of aromatic amines is 1. The fourth-order valence-corrected chi connectivity index (χ4v) is 2.58. The van der Waals surface area contributed by atoms with Crippen LogP contribution in [-0.2, 0) is 0 Å². The largest absolute Gasteiger partial charge is 0.383 e. The Hall–Kier alpha value is -3.04. The zero-order valence-electron chi connectivity index (χ0n) is 12.8. The number of anilines is 3. The van der Waals surface area contributed by atoms with Crippen molar-refractivity contribution in [1.82, 2.24) is 25.1 Å². The lowest BCUT2D eigenvalue weighted by molar-refractivity contribution is 0.152.